The van der Waals surface area contributed by atoms with Crippen molar-refractivity contribution in [3.05, 3.63) is 17.8 Å². The van der Waals surface area contributed by atoms with Crippen LogP contribution in [0.25, 0.3) is 10.2 Å². The molecule has 0 atom stereocenters. The van der Waals surface area contributed by atoms with Crippen LogP contribution < -0.4 is 10.6 Å². The van der Waals surface area contributed by atoms with Crippen molar-refractivity contribution in [2.24, 2.45) is 0 Å². The molecule has 2 aromatic rings. The highest BCUT2D eigenvalue weighted by atomic mass is 32.1. The van der Waals surface area contributed by atoms with Crippen molar-refractivity contribution in [2.45, 2.75) is 19.9 Å². The van der Waals surface area contributed by atoms with Gasteiger partial charge in [0.15, 0.2) is 0 Å². The summed E-state index contributed by atoms with van der Waals surface area (Å²) < 4.78 is 0.977. The van der Waals surface area contributed by atoms with Gasteiger partial charge in [0.05, 0.1) is 16.8 Å². The lowest BCUT2D eigenvalue weighted by Gasteiger charge is -2.09. The molecule has 2 rings (SSSR count). The predicted octanol–water partition coefficient (Wildman–Crippen LogP) is 1.63. The van der Waals surface area contributed by atoms with Crippen LogP contribution in [0.15, 0.2) is 17.8 Å². The molecule has 0 saturated carbocycles. The average molecular weight is 250 g/mol. The predicted molar refractivity (Wildman–Crippen MR) is 69.2 cm³/mol. The first-order valence-electron chi connectivity index (χ1n) is 5.38. The largest absolute Gasteiger partial charge is 0.360 e. The standard InChI is InChI=1S/C11H14N4OS/c1-7(2)15-9(16)5-12-11-10-8(3-4-17-10)13-6-14-11/h3-4,6-7H,5H2,1-2H3,(H,15,16)(H,12,13,14). The van der Waals surface area contributed by atoms with E-state index in [9.17, 15) is 4.79 Å². The second-order valence-electron chi connectivity index (χ2n) is 3.93. The van der Waals surface area contributed by atoms with Crippen LogP contribution in [0.1, 0.15) is 13.8 Å². The van der Waals surface area contributed by atoms with Gasteiger partial charge in [-0.25, -0.2) is 9.97 Å². The normalized spacial score (nSPS) is 10.8. The van der Waals surface area contributed by atoms with Crippen LogP contribution in [0, 0.1) is 0 Å². The SMILES string of the molecule is CC(C)NC(=O)CNc1ncnc2ccsc12. The third-order valence-electron chi connectivity index (χ3n) is 2.11. The Bertz CT molecular complexity index is 523. The minimum Gasteiger partial charge on any atom is -0.360 e. The van der Waals surface area contributed by atoms with Gasteiger partial charge in [0.25, 0.3) is 0 Å². The molecule has 2 heterocycles. The van der Waals surface area contributed by atoms with Gasteiger partial charge in [0.1, 0.15) is 12.1 Å². The summed E-state index contributed by atoms with van der Waals surface area (Å²) in [5, 5.41) is 7.80. The van der Waals surface area contributed by atoms with E-state index < -0.39 is 0 Å². The molecule has 0 fully saturated rings. The van der Waals surface area contributed by atoms with E-state index >= 15 is 0 Å². The average Bonchev–Trinajstić information content (AvgIpc) is 2.73. The van der Waals surface area contributed by atoms with E-state index in [4.69, 9.17) is 0 Å². The van der Waals surface area contributed by atoms with E-state index in [1.165, 1.54) is 6.33 Å². The van der Waals surface area contributed by atoms with Crippen molar-refractivity contribution in [3.8, 4) is 0 Å². The van der Waals surface area contributed by atoms with Gasteiger partial charge in [-0.2, -0.15) is 0 Å². The first-order chi connectivity index (χ1) is 8.16. The minimum absolute atomic E-state index is 0.0386. The highest BCUT2D eigenvalue weighted by molar-refractivity contribution is 7.17. The van der Waals surface area contributed by atoms with Gasteiger partial charge in [0, 0.05) is 6.04 Å². The van der Waals surface area contributed by atoms with E-state index in [1.54, 1.807) is 11.3 Å². The summed E-state index contributed by atoms with van der Waals surface area (Å²) in [6.07, 6.45) is 1.50. The first-order valence-corrected chi connectivity index (χ1v) is 6.26. The molecule has 0 saturated heterocycles. The number of amides is 1. The number of anilines is 1. The number of rotatable bonds is 4. The first kappa shape index (κ1) is 11.8. The number of hydrogen-bond acceptors (Lipinski definition) is 5. The molecule has 2 aromatic heterocycles. The lowest BCUT2D eigenvalue weighted by molar-refractivity contribution is -0.119. The van der Waals surface area contributed by atoms with Crippen molar-refractivity contribution < 1.29 is 4.79 Å². The van der Waals surface area contributed by atoms with Gasteiger partial charge >= 0.3 is 0 Å². The number of fused-ring (bicyclic) bond motifs is 1. The molecular formula is C11H14N4OS. The van der Waals surface area contributed by atoms with Crippen LogP contribution in [-0.4, -0.2) is 28.5 Å². The Hall–Kier alpha value is -1.69. The fraction of sp³-hybridized carbons (Fsp3) is 0.364. The fourth-order valence-corrected chi connectivity index (χ4v) is 2.26. The van der Waals surface area contributed by atoms with Gasteiger partial charge in [-0.3, -0.25) is 4.79 Å². The molecule has 1 amide bonds. The summed E-state index contributed by atoms with van der Waals surface area (Å²) in [7, 11) is 0. The van der Waals surface area contributed by atoms with Crippen LogP contribution in [0.2, 0.25) is 0 Å². The monoisotopic (exact) mass is 250 g/mol. The second-order valence-corrected chi connectivity index (χ2v) is 4.85. The Kier molecular flexibility index (Phi) is 3.53. The summed E-state index contributed by atoms with van der Waals surface area (Å²) in [5.41, 5.74) is 0.900. The highest BCUT2D eigenvalue weighted by Gasteiger charge is 2.07. The molecular weight excluding hydrogens is 236 g/mol. The van der Waals surface area contributed by atoms with Crippen molar-refractivity contribution in [1.82, 2.24) is 15.3 Å². The van der Waals surface area contributed by atoms with Crippen LogP contribution in [-0.2, 0) is 4.79 Å². The number of nitrogens with one attached hydrogen (secondary N) is 2. The van der Waals surface area contributed by atoms with E-state index in [-0.39, 0.29) is 18.5 Å². The third-order valence-corrected chi connectivity index (χ3v) is 3.02. The van der Waals surface area contributed by atoms with Crippen molar-refractivity contribution >= 4 is 33.3 Å². The molecule has 0 bridgehead atoms. The van der Waals surface area contributed by atoms with Gasteiger partial charge in [-0.15, -0.1) is 11.3 Å². The van der Waals surface area contributed by atoms with Crippen molar-refractivity contribution in [2.75, 3.05) is 11.9 Å². The van der Waals surface area contributed by atoms with E-state index in [2.05, 4.69) is 20.6 Å². The maximum Gasteiger partial charge on any atom is 0.239 e. The van der Waals surface area contributed by atoms with Gasteiger partial charge < -0.3 is 10.6 Å². The molecule has 0 aliphatic carbocycles. The zero-order chi connectivity index (χ0) is 12.3. The van der Waals surface area contributed by atoms with Crippen LogP contribution in [0.3, 0.4) is 0 Å². The molecule has 17 heavy (non-hydrogen) atoms. The maximum absolute atomic E-state index is 11.5. The Morgan fingerprint density at radius 2 is 2.29 bits per heavy atom. The summed E-state index contributed by atoms with van der Waals surface area (Å²) in [5.74, 6) is 0.673. The maximum atomic E-state index is 11.5. The summed E-state index contributed by atoms with van der Waals surface area (Å²) in [4.78, 5) is 19.8. The lowest BCUT2D eigenvalue weighted by Crippen LogP contribution is -2.34. The number of thiophene rings is 1. The second kappa shape index (κ2) is 5.09. The zero-order valence-corrected chi connectivity index (χ0v) is 10.5. The molecule has 0 radical (unpaired) electrons. The molecule has 5 nitrogen and oxygen atoms in total. The molecule has 0 unspecified atom stereocenters. The van der Waals surface area contributed by atoms with Crippen molar-refractivity contribution in [1.29, 1.82) is 0 Å². The quantitative estimate of drug-likeness (QED) is 0.865. The number of hydrogen-bond donors (Lipinski definition) is 2. The van der Waals surface area contributed by atoms with Crippen molar-refractivity contribution in [3.63, 3.8) is 0 Å². The highest BCUT2D eigenvalue weighted by Crippen LogP contribution is 2.24. The van der Waals surface area contributed by atoms with E-state index in [0.717, 1.165) is 10.2 Å². The van der Waals surface area contributed by atoms with E-state index in [0.29, 0.717) is 5.82 Å². The van der Waals surface area contributed by atoms with Gasteiger partial charge in [-0.1, -0.05) is 0 Å². The van der Waals surface area contributed by atoms with Crippen LogP contribution in [0.4, 0.5) is 5.82 Å². The Morgan fingerprint density at radius 1 is 1.47 bits per heavy atom. The number of carbonyl (C=O) groups is 1. The third kappa shape index (κ3) is 2.91. The summed E-state index contributed by atoms with van der Waals surface area (Å²) in [6, 6.07) is 2.08. The molecule has 90 valence electrons. The molecule has 6 heteroatoms. The molecule has 0 aliphatic rings. The smallest absolute Gasteiger partial charge is 0.239 e. The zero-order valence-electron chi connectivity index (χ0n) is 9.73. The Balaban J connectivity index is 2.04. The van der Waals surface area contributed by atoms with Gasteiger partial charge in [0.2, 0.25) is 5.91 Å². The molecule has 0 aliphatic heterocycles. The molecule has 0 spiro atoms. The summed E-state index contributed by atoms with van der Waals surface area (Å²) >= 11 is 1.56. The number of aromatic nitrogens is 2. The van der Waals surface area contributed by atoms with Crippen LogP contribution in [0.5, 0.6) is 0 Å². The number of carbonyl (C=O) groups excluding carboxylic acids is 1. The Labute approximate surface area is 103 Å². The number of nitrogens with zero attached hydrogens (tertiary/aromatic N) is 2. The molecule has 2 N–H and O–H groups in total. The lowest BCUT2D eigenvalue weighted by atomic mass is 10.4. The topological polar surface area (TPSA) is 66.9 Å². The Morgan fingerprint density at radius 3 is 3.06 bits per heavy atom. The van der Waals surface area contributed by atoms with Crippen LogP contribution >= 0.6 is 11.3 Å². The van der Waals surface area contributed by atoms with E-state index in [1.807, 2.05) is 25.3 Å². The molecule has 0 aromatic carbocycles. The minimum atomic E-state index is -0.0386. The fourth-order valence-electron chi connectivity index (χ4n) is 1.45. The van der Waals surface area contributed by atoms with Gasteiger partial charge in [-0.05, 0) is 25.3 Å². The summed E-state index contributed by atoms with van der Waals surface area (Å²) in [6.45, 7) is 4.09.